The van der Waals surface area contributed by atoms with E-state index in [9.17, 15) is 40.4 Å². The summed E-state index contributed by atoms with van der Waals surface area (Å²) in [6.45, 7) is 0.418. The van der Waals surface area contributed by atoms with E-state index in [-0.39, 0.29) is 10.5 Å². The molecule has 3 N–H and O–H groups in total. The minimum absolute atomic E-state index is 0.180. The molecule has 1 saturated heterocycles. The molecule has 1 fully saturated rings. The maximum Gasteiger partial charge on any atom is 0.419 e. The molecule has 0 aromatic heterocycles. The highest BCUT2D eigenvalue weighted by Crippen LogP contribution is 2.33. The molecule has 1 atom stereocenters. The van der Waals surface area contributed by atoms with E-state index < -0.39 is 62.9 Å². The van der Waals surface area contributed by atoms with E-state index in [2.05, 4.69) is 5.32 Å². The lowest BCUT2D eigenvalue weighted by Gasteiger charge is -2.22. The van der Waals surface area contributed by atoms with Crippen LogP contribution in [-0.2, 0) is 26.5 Å². The lowest BCUT2D eigenvalue weighted by molar-refractivity contribution is -0.140. The average molecular weight is 473 g/mol. The molecule has 3 rings (SSSR count). The van der Waals surface area contributed by atoms with E-state index in [1.54, 1.807) is 0 Å². The molecule has 2 aromatic rings. The van der Waals surface area contributed by atoms with Crippen molar-refractivity contribution in [2.75, 3.05) is 6.54 Å². The third-order valence-electron chi connectivity index (χ3n) is 4.93. The van der Waals surface area contributed by atoms with Crippen molar-refractivity contribution < 1.29 is 40.4 Å². The van der Waals surface area contributed by atoms with E-state index in [4.69, 9.17) is 5.14 Å². The van der Waals surface area contributed by atoms with Crippen molar-refractivity contribution in [1.82, 2.24) is 10.2 Å². The molecular weight excluding hydrogens is 458 g/mol. The predicted molar refractivity (Wildman–Crippen MR) is 101 cm³/mol. The van der Waals surface area contributed by atoms with Crippen molar-refractivity contribution in [3.8, 4) is 0 Å². The molecule has 13 heteroatoms. The number of nitrogens with zero attached hydrogens (tertiary/aromatic N) is 1. The lowest BCUT2D eigenvalue weighted by atomic mass is 9.92. The number of Topliss-reactive ketones (excluding diaryl/α,β-unsaturated/α-hetero) is 1. The molecule has 0 radical (unpaired) electrons. The number of amides is 3. The van der Waals surface area contributed by atoms with Crippen molar-refractivity contribution in [3.63, 3.8) is 0 Å². The van der Waals surface area contributed by atoms with E-state index in [1.165, 1.54) is 19.1 Å². The van der Waals surface area contributed by atoms with Crippen LogP contribution in [0.3, 0.4) is 0 Å². The molecule has 0 spiro atoms. The third-order valence-corrected chi connectivity index (χ3v) is 5.86. The SMILES string of the molecule is CC1(c2ccc(S(N)(=O)=O)cc2)NC(=O)N(CC(=O)c2ccc(F)c(C(F)(F)F)c2)C1=O. The quantitative estimate of drug-likeness (QED) is 0.391. The number of imide groups is 1. The standard InChI is InChI=1S/C19H15F4N3O5S/c1-18(11-3-5-12(6-4-11)32(24,30)31)16(28)26(17(29)25-18)9-15(27)10-2-7-14(20)13(8-10)19(21,22)23/h2-8H,9H2,1H3,(H,25,29)(H2,24,30,31). The Labute approximate surface area is 179 Å². The maximum atomic E-state index is 13.4. The van der Waals surface area contributed by atoms with Crippen LogP contribution in [0.4, 0.5) is 22.4 Å². The monoisotopic (exact) mass is 473 g/mol. The zero-order chi connectivity index (χ0) is 24.1. The number of hydrogen-bond donors (Lipinski definition) is 2. The summed E-state index contributed by atoms with van der Waals surface area (Å²) < 4.78 is 74.9. The molecule has 8 nitrogen and oxygen atoms in total. The Kier molecular flexibility index (Phi) is 5.60. The number of sulfonamides is 1. The Morgan fingerprint density at radius 3 is 2.25 bits per heavy atom. The first-order valence-electron chi connectivity index (χ1n) is 8.82. The molecular formula is C19H15F4N3O5S. The number of primary sulfonamides is 1. The number of halogens is 4. The van der Waals surface area contributed by atoms with Gasteiger partial charge >= 0.3 is 12.2 Å². The van der Waals surface area contributed by atoms with Crippen molar-refractivity contribution in [2.45, 2.75) is 23.5 Å². The molecule has 2 aromatic carbocycles. The molecule has 3 amide bonds. The van der Waals surface area contributed by atoms with Gasteiger partial charge in [-0.2, -0.15) is 13.2 Å². The van der Waals surface area contributed by atoms with Gasteiger partial charge in [0.15, 0.2) is 5.78 Å². The van der Waals surface area contributed by atoms with Gasteiger partial charge in [0.05, 0.1) is 17.0 Å². The van der Waals surface area contributed by atoms with Crippen LogP contribution in [0, 0.1) is 5.82 Å². The smallest absolute Gasteiger partial charge is 0.319 e. The van der Waals surface area contributed by atoms with Crippen LogP contribution in [0.2, 0.25) is 0 Å². The number of urea groups is 1. The summed E-state index contributed by atoms with van der Waals surface area (Å²) in [6.07, 6.45) is -5.04. The van der Waals surface area contributed by atoms with Gasteiger partial charge in [-0.25, -0.2) is 22.7 Å². The first-order chi connectivity index (χ1) is 14.6. The van der Waals surface area contributed by atoms with E-state index >= 15 is 0 Å². The van der Waals surface area contributed by atoms with Gasteiger partial charge in [-0.15, -0.1) is 0 Å². The molecule has 1 heterocycles. The van der Waals surface area contributed by atoms with Crippen molar-refractivity contribution >= 4 is 27.7 Å². The molecule has 1 aliphatic heterocycles. The predicted octanol–water partition coefficient (Wildman–Crippen LogP) is 2.14. The summed E-state index contributed by atoms with van der Waals surface area (Å²) in [4.78, 5) is 37.9. The zero-order valence-electron chi connectivity index (χ0n) is 16.2. The number of nitrogens with one attached hydrogen (secondary N) is 1. The molecule has 0 aliphatic carbocycles. The highest BCUT2D eigenvalue weighted by atomic mass is 32.2. The maximum absolute atomic E-state index is 13.4. The van der Waals surface area contributed by atoms with E-state index in [1.807, 2.05) is 0 Å². The Morgan fingerprint density at radius 2 is 1.72 bits per heavy atom. The molecule has 0 bridgehead atoms. The summed E-state index contributed by atoms with van der Waals surface area (Å²) >= 11 is 0. The van der Waals surface area contributed by atoms with Gasteiger partial charge < -0.3 is 5.32 Å². The number of rotatable bonds is 5. The lowest BCUT2D eigenvalue weighted by Crippen LogP contribution is -2.41. The number of benzene rings is 2. The van der Waals surface area contributed by atoms with Gasteiger partial charge in [0.1, 0.15) is 11.4 Å². The summed E-state index contributed by atoms with van der Waals surface area (Å²) in [5.74, 6) is -3.48. The normalized spacial score (nSPS) is 19.2. The van der Waals surface area contributed by atoms with Gasteiger partial charge in [-0.1, -0.05) is 12.1 Å². The molecule has 170 valence electrons. The fourth-order valence-corrected chi connectivity index (χ4v) is 3.68. The van der Waals surface area contributed by atoms with Crippen LogP contribution in [0.25, 0.3) is 0 Å². The minimum Gasteiger partial charge on any atom is -0.319 e. The van der Waals surface area contributed by atoms with E-state index in [0.717, 1.165) is 18.2 Å². The molecule has 1 aliphatic rings. The summed E-state index contributed by atoms with van der Waals surface area (Å²) in [7, 11) is -4.00. The summed E-state index contributed by atoms with van der Waals surface area (Å²) in [6, 6.07) is 5.36. The number of carbonyl (C=O) groups is 3. The van der Waals surface area contributed by atoms with E-state index in [0.29, 0.717) is 17.0 Å². The van der Waals surface area contributed by atoms with Gasteiger partial charge in [0.25, 0.3) is 5.91 Å². The first-order valence-corrected chi connectivity index (χ1v) is 10.4. The van der Waals surface area contributed by atoms with Crippen molar-refractivity contribution in [1.29, 1.82) is 0 Å². The second kappa shape index (κ2) is 7.67. The number of nitrogens with two attached hydrogens (primary N) is 1. The summed E-state index contributed by atoms with van der Waals surface area (Å²) in [5.41, 5.74) is -3.68. The highest BCUT2D eigenvalue weighted by Gasteiger charge is 2.49. The number of alkyl halides is 3. The molecule has 0 saturated carbocycles. The van der Waals surface area contributed by atoms with Crippen LogP contribution in [0.1, 0.15) is 28.4 Å². The van der Waals surface area contributed by atoms with Crippen LogP contribution in [0.15, 0.2) is 47.4 Å². The van der Waals surface area contributed by atoms with Crippen LogP contribution in [0.5, 0.6) is 0 Å². The Hall–Kier alpha value is -3.32. The van der Waals surface area contributed by atoms with Crippen molar-refractivity contribution in [3.05, 3.63) is 65.0 Å². The fraction of sp³-hybridized carbons (Fsp3) is 0.211. The number of hydrogen-bond acceptors (Lipinski definition) is 5. The third kappa shape index (κ3) is 4.21. The largest absolute Gasteiger partial charge is 0.419 e. The Bertz CT molecular complexity index is 1230. The average Bonchev–Trinajstić information content (AvgIpc) is 2.91. The number of ketones is 1. The highest BCUT2D eigenvalue weighted by molar-refractivity contribution is 7.89. The Morgan fingerprint density at radius 1 is 1.12 bits per heavy atom. The van der Waals surface area contributed by atoms with Gasteiger partial charge in [-0.05, 0) is 42.8 Å². The second-order valence-corrected chi connectivity index (χ2v) is 8.69. The van der Waals surface area contributed by atoms with Crippen LogP contribution in [-0.4, -0.2) is 37.6 Å². The summed E-state index contributed by atoms with van der Waals surface area (Å²) in [5, 5.41) is 7.39. The molecule has 32 heavy (non-hydrogen) atoms. The van der Waals surface area contributed by atoms with Crippen LogP contribution < -0.4 is 10.5 Å². The minimum atomic E-state index is -5.04. The Balaban J connectivity index is 1.86. The van der Waals surface area contributed by atoms with Crippen LogP contribution >= 0.6 is 0 Å². The zero-order valence-corrected chi connectivity index (χ0v) is 17.1. The van der Waals surface area contributed by atoms with Gasteiger partial charge in [0, 0.05) is 5.56 Å². The fourth-order valence-electron chi connectivity index (χ4n) is 3.17. The first kappa shape index (κ1) is 23.3. The topological polar surface area (TPSA) is 127 Å². The van der Waals surface area contributed by atoms with Crippen molar-refractivity contribution in [2.24, 2.45) is 5.14 Å². The molecule has 1 unspecified atom stereocenters. The van der Waals surface area contributed by atoms with Gasteiger partial charge in [-0.3, -0.25) is 14.5 Å². The van der Waals surface area contributed by atoms with Gasteiger partial charge in [0.2, 0.25) is 10.0 Å². The second-order valence-electron chi connectivity index (χ2n) is 7.13. The number of carbonyl (C=O) groups excluding carboxylic acids is 3.